The van der Waals surface area contributed by atoms with Crippen LogP contribution in [0.2, 0.25) is 0 Å². The molecule has 1 N–H and O–H groups in total. The predicted octanol–water partition coefficient (Wildman–Crippen LogP) is 3.15. The molecule has 0 amide bonds. The lowest BCUT2D eigenvalue weighted by Crippen LogP contribution is -2.33. The smallest absolute Gasteiger partial charge is 0.0477 e. The summed E-state index contributed by atoms with van der Waals surface area (Å²) in [5.74, 6) is 0.287. The minimum Gasteiger partial charge on any atom is -0.411 e. The summed E-state index contributed by atoms with van der Waals surface area (Å²) in [6.07, 6.45) is 1.64. The fraction of sp³-hybridized carbons (Fsp3) is 0.900. The van der Waals surface area contributed by atoms with E-state index in [4.69, 9.17) is 5.21 Å². The first-order chi connectivity index (χ1) is 5.19. The van der Waals surface area contributed by atoms with Gasteiger partial charge < -0.3 is 5.21 Å². The molecular formula is C10H21NO. The van der Waals surface area contributed by atoms with Gasteiger partial charge >= 0.3 is 0 Å². The SMILES string of the molecule is CC(C)(C)C(/C=N/O)C(C)(C)C. The van der Waals surface area contributed by atoms with E-state index >= 15 is 0 Å². The molecular weight excluding hydrogens is 150 g/mol. The number of hydrogen-bond donors (Lipinski definition) is 1. The Labute approximate surface area is 75.7 Å². The maximum absolute atomic E-state index is 8.53. The van der Waals surface area contributed by atoms with Crippen LogP contribution >= 0.6 is 0 Å². The highest BCUT2D eigenvalue weighted by Crippen LogP contribution is 2.38. The number of rotatable bonds is 1. The van der Waals surface area contributed by atoms with E-state index in [0.717, 1.165) is 0 Å². The Hall–Kier alpha value is -0.530. The average molecular weight is 171 g/mol. The van der Waals surface area contributed by atoms with Gasteiger partial charge in [-0.25, -0.2) is 0 Å². The summed E-state index contributed by atoms with van der Waals surface area (Å²) in [4.78, 5) is 0. The number of nitrogens with zero attached hydrogens (tertiary/aromatic N) is 1. The third-order valence-electron chi connectivity index (χ3n) is 2.08. The summed E-state index contributed by atoms with van der Waals surface area (Å²) >= 11 is 0. The molecule has 0 aliphatic carbocycles. The van der Waals surface area contributed by atoms with Crippen LogP contribution in [0.5, 0.6) is 0 Å². The number of oxime groups is 1. The fourth-order valence-corrected chi connectivity index (χ4v) is 1.81. The van der Waals surface area contributed by atoms with Crippen LogP contribution in [0, 0.1) is 16.7 Å². The van der Waals surface area contributed by atoms with E-state index < -0.39 is 0 Å². The first kappa shape index (κ1) is 11.5. The van der Waals surface area contributed by atoms with E-state index in [2.05, 4.69) is 46.7 Å². The zero-order valence-corrected chi connectivity index (χ0v) is 9.05. The predicted molar refractivity (Wildman–Crippen MR) is 52.7 cm³/mol. The largest absolute Gasteiger partial charge is 0.411 e. The van der Waals surface area contributed by atoms with Crippen LogP contribution in [0.15, 0.2) is 5.16 Å². The summed E-state index contributed by atoms with van der Waals surface area (Å²) in [7, 11) is 0. The lowest BCUT2D eigenvalue weighted by atomic mass is 9.67. The lowest BCUT2D eigenvalue weighted by molar-refractivity contribution is 0.166. The van der Waals surface area contributed by atoms with Gasteiger partial charge in [-0.2, -0.15) is 0 Å². The third-order valence-corrected chi connectivity index (χ3v) is 2.08. The van der Waals surface area contributed by atoms with E-state index in [9.17, 15) is 0 Å². The van der Waals surface area contributed by atoms with Crippen molar-refractivity contribution in [1.29, 1.82) is 0 Å². The first-order valence-electron chi connectivity index (χ1n) is 4.37. The molecule has 0 aromatic carbocycles. The maximum atomic E-state index is 8.53. The Morgan fingerprint density at radius 3 is 1.42 bits per heavy atom. The molecule has 0 unspecified atom stereocenters. The second-order valence-corrected chi connectivity index (χ2v) is 5.47. The molecule has 0 radical (unpaired) electrons. The molecule has 0 heterocycles. The average Bonchev–Trinajstić information content (AvgIpc) is 1.77. The first-order valence-corrected chi connectivity index (χ1v) is 4.37. The lowest BCUT2D eigenvalue weighted by Gasteiger charge is -2.37. The molecule has 0 aromatic heterocycles. The molecule has 2 heteroatoms. The molecule has 0 atom stereocenters. The van der Waals surface area contributed by atoms with Crippen LogP contribution in [-0.2, 0) is 0 Å². The van der Waals surface area contributed by atoms with Gasteiger partial charge in [-0.15, -0.1) is 5.16 Å². The molecule has 0 aromatic rings. The quantitative estimate of drug-likeness (QED) is 0.367. The second kappa shape index (κ2) is 3.46. The number of hydrogen-bond acceptors (Lipinski definition) is 2. The Kier molecular flexibility index (Phi) is 3.31. The van der Waals surface area contributed by atoms with Crippen molar-refractivity contribution in [2.75, 3.05) is 0 Å². The van der Waals surface area contributed by atoms with Crippen LogP contribution in [0.3, 0.4) is 0 Å². The van der Waals surface area contributed by atoms with Crippen LogP contribution in [0.25, 0.3) is 0 Å². The highest BCUT2D eigenvalue weighted by Gasteiger charge is 2.33. The summed E-state index contributed by atoms with van der Waals surface area (Å²) in [5, 5.41) is 11.7. The van der Waals surface area contributed by atoms with Crippen molar-refractivity contribution in [2.24, 2.45) is 21.9 Å². The van der Waals surface area contributed by atoms with Crippen molar-refractivity contribution < 1.29 is 5.21 Å². The van der Waals surface area contributed by atoms with Gasteiger partial charge in [0.1, 0.15) is 0 Å². The van der Waals surface area contributed by atoms with Crippen LogP contribution in [0.4, 0.5) is 0 Å². The normalized spacial score (nSPS) is 14.6. The molecule has 0 bridgehead atoms. The Morgan fingerprint density at radius 2 is 1.33 bits per heavy atom. The van der Waals surface area contributed by atoms with E-state index in [1.54, 1.807) is 6.21 Å². The van der Waals surface area contributed by atoms with E-state index in [-0.39, 0.29) is 16.7 Å². The third kappa shape index (κ3) is 3.24. The van der Waals surface area contributed by atoms with Crippen LogP contribution in [0.1, 0.15) is 41.5 Å². The molecule has 0 aliphatic rings. The van der Waals surface area contributed by atoms with E-state index in [0.29, 0.717) is 0 Å². The second-order valence-electron chi connectivity index (χ2n) is 5.47. The van der Waals surface area contributed by atoms with E-state index in [1.807, 2.05) is 0 Å². The Bertz CT molecular complexity index is 146. The Morgan fingerprint density at radius 1 is 1.00 bits per heavy atom. The standard InChI is InChI=1S/C10H21NO/c1-9(2,3)8(7-11-12)10(4,5)6/h7-8,12H,1-6H3/b11-7+. The van der Waals surface area contributed by atoms with Crippen molar-refractivity contribution in [3.05, 3.63) is 0 Å². The van der Waals surface area contributed by atoms with Crippen molar-refractivity contribution >= 4 is 6.21 Å². The maximum Gasteiger partial charge on any atom is 0.0477 e. The summed E-state index contributed by atoms with van der Waals surface area (Å²) in [6.45, 7) is 12.9. The molecule has 0 saturated carbocycles. The van der Waals surface area contributed by atoms with Gasteiger partial charge in [-0.3, -0.25) is 0 Å². The van der Waals surface area contributed by atoms with Gasteiger partial charge in [0.2, 0.25) is 0 Å². The van der Waals surface area contributed by atoms with Crippen molar-refractivity contribution in [3.63, 3.8) is 0 Å². The van der Waals surface area contributed by atoms with Gasteiger partial charge in [0.15, 0.2) is 0 Å². The minimum atomic E-state index is 0.143. The molecule has 72 valence electrons. The Balaban J connectivity index is 4.69. The zero-order valence-electron chi connectivity index (χ0n) is 9.05. The topological polar surface area (TPSA) is 32.6 Å². The van der Waals surface area contributed by atoms with Crippen molar-refractivity contribution in [3.8, 4) is 0 Å². The van der Waals surface area contributed by atoms with Crippen LogP contribution in [-0.4, -0.2) is 11.4 Å². The highest BCUT2D eigenvalue weighted by molar-refractivity contribution is 5.62. The molecule has 0 aliphatic heterocycles. The van der Waals surface area contributed by atoms with Crippen LogP contribution < -0.4 is 0 Å². The molecule has 0 fully saturated rings. The summed E-state index contributed by atoms with van der Waals surface area (Å²) in [5.41, 5.74) is 0.287. The monoisotopic (exact) mass is 171 g/mol. The molecule has 12 heavy (non-hydrogen) atoms. The zero-order chi connectivity index (χ0) is 9.99. The summed E-state index contributed by atoms with van der Waals surface area (Å²) < 4.78 is 0. The van der Waals surface area contributed by atoms with Gasteiger partial charge in [0, 0.05) is 12.1 Å². The minimum absolute atomic E-state index is 0.143. The molecule has 0 saturated heterocycles. The van der Waals surface area contributed by atoms with Gasteiger partial charge in [0.05, 0.1) is 0 Å². The highest BCUT2D eigenvalue weighted by atomic mass is 16.4. The van der Waals surface area contributed by atoms with Crippen molar-refractivity contribution in [2.45, 2.75) is 41.5 Å². The van der Waals surface area contributed by atoms with Gasteiger partial charge in [-0.05, 0) is 10.8 Å². The molecule has 0 rings (SSSR count). The van der Waals surface area contributed by atoms with Gasteiger partial charge in [0.25, 0.3) is 0 Å². The van der Waals surface area contributed by atoms with E-state index in [1.165, 1.54) is 0 Å². The van der Waals surface area contributed by atoms with Gasteiger partial charge in [-0.1, -0.05) is 41.5 Å². The summed E-state index contributed by atoms with van der Waals surface area (Å²) in [6, 6.07) is 0. The molecule has 0 spiro atoms. The van der Waals surface area contributed by atoms with Crippen molar-refractivity contribution in [1.82, 2.24) is 0 Å². The molecule has 2 nitrogen and oxygen atoms in total. The fourth-order valence-electron chi connectivity index (χ4n) is 1.81.